The Bertz CT molecular complexity index is 926. The zero-order valence-electron chi connectivity index (χ0n) is 12.6. The Balaban J connectivity index is 1.76. The molecule has 1 N–H and O–H groups in total. The van der Waals surface area contributed by atoms with Crippen molar-refractivity contribution in [3.05, 3.63) is 83.9 Å². The van der Waals surface area contributed by atoms with Gasteiger partial charge < -0.3 is 5.11 Å². The molecule has 0 fully saturated rings. The van der Waals surface area contributed by atoms with Crippen LogP contribution in [0.15, 0.2) is 72.8 Å². The highest BCUT2D eigenvalue weighted by molar-refractivity contribution is 6.34. The number of fused-ring (bicyclic) bond motifs is 1. The number of imide groups is 1. The SMILES string of the molecule is O=C1c2ccccc2C(=O)N1c1cccc(-c2ccc(O)cc2)c1. The molecule has 4 rings (SSSR count). The van der Waals surface area contributed by atoms with Crippen molar-refractivity contribution >= 4 is 17.5 Å². The summed E-state index contributed by atoms with van der Waals surface area (Å²) in [6.45, 7) is 0. The van der Waals surface area contributed by atoms with Crippen LogP contribution in [-0.2, 0) is 0 Å². The van der Waals surface area contributed by atoms with Crippen molar-refractivity contribution in [1.29, 1.82) is 0 Å². The van der Waals surface area contributed by atoms with Gasteiger partial charge in [-0.05, 0) is 47.5 Å². The second-order valence-corrected chi connectivity index (χ2v) is 5.59. The lowest BCUT2D eigenvalue weighted by molar-refractivity contribution is 0.0926. The molecule has 1 heterocycles. The average molecular weight is 315 g/mol. The van der Waals surface area contributed by atoms with Gasteiger partial charge in [0.1, 0.15) is 5.75 Å². The minimum Gasteiger partial charge on any atom is -0.508 e. The summed E-state index contributed by atoms with van der Waals surface area (Å²) in [5.41, 5.74) is 3.15. The number of rotatable bonds is 2. The Morgan fingerprint density at radius 2 is 1.29 bits per heavy atom. The predicted molar refractivity (Wildman–Crippen MR) is 91.1 cm³/mol. The zero-order chi connectivity index (χ0) is 16.7. The van der Waals surface area contributed by atoms with E-state index >= 15 is 0 Å². The van der Waals surface area contributed by atoms with E-state index in [1.165, 1.54) is 4.90 Å². The number of carbonyl (C=O) groups is 2. The van der Waals surface area contributed by atoms with E-state index in [2.05, 4.69) is 0 Å². The molecule has 0 aliphatic carbocycles. The van der Waals surface area contributed by atoms with E-state index in [9.17, 15) is 14.7 Å². The predicted octanol–water partition coefficient (Wildman–Crippen LogP) is 3.86. The highest BCUT2D eigenvalue weighted by Gasteiger charge is 2.36. The fraction of sp³-hybridized carbons (Fsp3) is 0. The maximum Gasteiger partial charge on any atom is 0.266 e. The van der Waals surface area contributed by atoms with E-state index in [4.69, 9.17) is 0 Å². The van der Waals surface area contributed by atoms with Crippen molar-refractivity contribution in [2.75, 3.05) is 4.90 Å². The average Bonchev–Trinajstić information content (AvgIpc) is 2.87. The molecule has 2 amide bonds. The fourth-order valence-corrected chi connectivity index (χ4v) is 2.90. The third kappa shape index (κ3) is 2.16. The van der Waals surface area contributed by atoms with Crippen LogP contribution in [0.2, 0.25) is 0 Å². The number of benzene rings is 3. The summed E-state index contributed by atoms with van der Waals surface area (Å²) in [6.07, 6.45) is 0. The van der Waals surface area contributed by atoms with Gasteiger partial charge in [0.2, 0.25) is 0 Å². The van der Waals surface area contributed by atoms with E-state index in [0.29, 0.717) is 16.8 Å². The number of anilines is 1. The molecule has 3 aromatic carbocycles. The topological polar surface area (TPSA) is 57.6 Å². The van der Waals surface area contributed by atoms with Crippen LogP contribution in [0.1, 0.15) is 20.7 Å². The number of phenols is 1. The molecular weight excluding hydrogens is 302 g/mol. The molecule has 0 atom stereocenters. The summed E-state index contributed by atoms with van der Waals surface area (Å²) in [5, 5.41) is 9.40. The first-order chi connectivity index (χ1) is 11.6. The molecule has 0 unspecified atom stereocenters. The molecule has 24 heavy (non-hydrogen) atoms. The van der Waals surface area contributed by atoms with Crippen molar-refractivity contribution < 1.29 is 14.7 Å². The van der Waals surface area contributed by atoms with Gasteiger partial charge in [0, 0.05) is 0 Å². The van der Waals surface area contributed by atoms with E-state index in [1.54, 1.807) is 66.7 Å². The largest absolute Gasteiger partial charge is 0.508 e. The van der Waals surface area contributed by atoms with Gasteiger partial charge in [-0.2, -0.15) is 0 Å². The molecule has 1 aliphatic rings. The van der Waals surface area contributed by atoms with Gasteiger partial charge in [-0.25, -0.2) is 4.90 Å². The Kier molecular flexibility index (Phi) is 3.17. The number of hydrogen-bond donors (Lipinski definition) is 1. The van der Waals surface area contributed by atoms with Crippen LogP contribution in [0.25, 0.3) is 11.1 Å². The molecular formula is C20H13NO3. The molecule has 1 aliphatic heterocycles. The van der Waals surface area contributed by atoms with E-state index < -0.39 is 0 Å². The van der Waals surface area contributed by atoms with Crippen molar-refractivity contribution in [2.45, 2.75) is 0 Å². The molecule has 0 bridgehead atoms. The molecule has 0 radical (unpaired) electrons. The summed E-state index contributed by atoms with van der Waals surface area (Å²) < 4.78 is 0. The standard InChI is InChI=1S/C20H13NO3/c22-16-10-8-13(9-11-16)14-4-3-5-15(12-14)21-19(23)17-6-1-2-7-18(17)20(21)24/h1-12,22H. The molecule has 116 valence electrons. The molecule has 4 heteroatoms. The summed E-state index contributed by atoms with van der Waals surface area (Å²) in [5.74, 6) is -0.424. The van der Waals surface area contributed by atoms with Crippen LogP contribution < -0.4 is 4.90 Å². The minimum atomic E-state index is -0.307. The number of nitrogens with zero attached hydrogens (tertiary/aromatic N) is 1. The second-order valence-electron chi connectivity index (χ2n) is 5.59. The van der Waals surface area contributed by atoms with Gasteiger partial charge in [-0.15, -0.1) is 0 Å². The first kappa shape index (κ1) is 14.2. The van der Waals surface area contributed by atoms with Gasteiger partial charge in [0.25, 0.3) is 11.8 Å². The van der Waals surface area contributed by atoms with Crippen LogP contribution in [-0.4, -0.2) is 16.9 Å². The third-order valence-electron chi connectivity index (χ3n) is 4.10. The van der Waals surface area contributed by atoms with E-state index in [-0.39, 0.29) is 17.6 Å². The van der Waals surface area contributed by atoms with Crippen molar-refractivity contribution in [3.8, 4) is 16.9 Å². The lowest BCUT2D eigenvalue weighted by Gasteiger charge is -2.15. The first-order valence-electron chi connectivity index (χ1n) is 7.52. The number of aromatic hydroxyl groups is 1. The summed E-state index contributed by atoms with van der Waals surface area (Å²) >= 11 is 0. The maximum absolute atomic E-state index is 12.6. The van der Waals surface area contributed by atoms with Crippen LogP contribution in [0, 0.1) is 0 Å². The number of phenolic OH excluding ortho intramolecular Hbond substituents is 1. The third-order valence-corrected chi connectivity index (χ3v) is 4.10. The van der Waals surface area contributed by atoms with Crippen molar-refractivity contribution in [3.63, 3.8) is 0 Å². The van der Waals surface area contributed by atoms with Crippen LogP contribution in [0.4, 0.5) is 5.69 Å². The molecule has 0 saturated heterocycles. The fourth-order valence-electron chi connectivity index (χ4n) is 2.90. The minimum absolute atomic E-state index is 0.190. The van der Waals surface area contributed by atoms with E-state index in [0.717, 1.165) is 11.1 Å². The number of hydrogen-bond acceptors (Lipinski definition) is 3. The second kappa shape index (κ2) is 5.35. The Morgan fingerprint density at radius 3 is 1.92 bits per heavy atom. The van der Waals surface area contributed by atoms with Gasteiger partial charge >= 0.3 is 0 Å². The molecule has 0 aromatic heterocycles. The van der Waals surface area contributed by atoms with Crippen molar-refractivity contribution in [1.82, 2.24) is 0 Å². The molecule has 4 nitrogen and oxygen atoms in total. The number of amides is 2. The van der Waals surface area contributed by atoms with Crippen LogP contribution in [0.5, 0.6) is 5.75 Å². The Labute approximate surface area is 138 Å². The lowest BCUT2D eigenvalue weighted by atomic mass is 10.0. The van der Waals surface area contributed by atoms with Crippen LogP contribution >= 0.6 is 0 Å². The first-order valence-corrected chi connectivity index (χ1v) is 7.52. The summed E-state index contributed by atoms with van der Waals surface area (Å²) in [6, 6.07) is 20.9. The Hall–Kier alpha value is -3.40. The maximum atomic E-state index is 12.6. The lowest BCUT2D eigenvalue weighted by Crippen LogP contribution is -2.29. The normalized spacial score (nSPS) is 13.2. The van der Waals surface area contributed by atoms with Gasteiger partial charge in [0.05, 0.1) is 16.8 Å². The monoisotopic (exact) mass is 315 g/mol. The van der Waals surface area contributed by atoms with Gasteiger partial charge in [-0.3, -0.25) is 9.59 Å². The van der Waals surface area contributed by atoms with Gasteiger partial charge in [-0.1, -0.05) is 36.4 Å². The molecule has 0 saturated carbocycles. The number of carbonyl (C=O) groups excluding carboxylic acids is 2. The molecule has 3 aromatic rings. The summed E-state index contributed by atoms with van der Waals surface area (Å²) in [4.78, 5) is 26.3. The van der Waals surface area contributed by atoms with Crippen LogP contribution in [0.3, 0.4) is 0 Å². The zero-order valence-corrected chi connectivity index (χ0v) is 12.6. The van der Waals surface area contributed by atoms with Crippen molar-refractivity contribution in [2.24, 2.45) is 0 Å². The molecule has 0 spiro atoms. The Morgan fingerprint density at radius 1 is 0.667 bits per heavy atom. The quantitative estimate of drug-likeness (QED) is 0.731. The highest BCUT2D eigenvalue weighted by atomic mass is 16.3. The van der Waals surface area contributed by atoms with Gasteiger partial charge in [0.15, 0.2) is 0 Å². The summed E-state index contributed by atoms with van der Waals surface area (Å²) in [7, 11) is 0. The van der Waals surface area contributed by atoms with E-state index in [1.807, 2.05) is 6.07 Å². The highest BCUT2D eigenvalue weighted by Crippen LogP contribution is 2.31. The smallest absolute Gasteiger partial charge is 0.266 e.